The van der Waals surface area contributed by atoms with Crippen LogP contribution in [-0.2, 0) is 6.54 Å². The Bertz CT molecular complexity index is 428. The van der Waals surface area contributed by atoms with Gasteiger partial charge in [-0.15, -0.1) is 0 Å². The molecule has 0 radical (unpaired) electrons. The molecule has 78 valence electrons. The van der Waals surface area contributed by atoms with Crippen molar-refractivity contribution < 1.29 is 0 Å². The van der Waals surface area contributed by atoms with Crippen LogP contribution in [0.15, 0.2) is 39.8 Å². The van der Waals surface area contributed by atoms with Gasteiger partial charge >= 0.3 is 0 Å². The van der Waals surface area contributed by atoms with Crippen molar-refractivity contribution in [2.75, 3.05) is 11.9 Å². The number of rotatable bonds is 3. The van der Waals surface area contributed by atoms with Crippen molar-refractivity contribution in [1.29, 1.82) is 0 Å². The van der Waals surface area contributed by atoms with E-state index in [4.69, 9.17) is 0 Å². The van der Waals surface area contributed by atoms with Crippen LogP contribution < -0.4 is 4.90 Å². The zero-order valence-corrected chi connectivity index (χ0v) is 10.8. The molecule has 2 aromatic heterocycles. The summed E-state index contributed by atoms with van der Waals surface area (Å²) in [6, 6.07) is 4.16. The van der Waals surface area contributed by atoms with Gasteiger partial charge in [-0.1, -0.05) is 0 Å². The second-order valence-corrected chi connectivity index (χ2v) is 4.95. The summed E-state index contributed by atoms with van der Waals surface area (Å²) in [4.78, 5) is 6.26. The smallest absolute Gasteiger partial charge is 0.0592 e. The van der Waals surface area contributed by atoms with Crippen molar-refractivity contribution in [3.05, 3.63) is 45.3 Å². The highest BCUT2D eigenvalue weighted by Gasteiger charge is 2.05. The Morgan fingerprint density at radius 2 is 2.33 bits per heavy atom. The normalized spacial score (nSPS) is 10.3. The molecule has 0 saturated carbocycles. The topological polar surface area (TPSA) is 16.1 Å². The molecule has 2 nitrogen and oxygen atoms in total. The van der Waals surface area contributed by atoms with Crippen LogP contribution in [-0.4, -0.2) is 12.0 Å². The average Bonchev–Trinajstić information content (AvgIpc) is 2.71. The molecule has 0 fully saturated rings. The largest absolute Gasteiger partial charge is 0.369 e. The number of anilines is 1. The van der Waals surface area contributed by atoms with Crippen molar-refractivity contribution in [2.45, 2.75) is 6.54 Å². The summed E-state index contributed by atoms with van der Waals surface area (Å²) >= 11 is 5.23. The van der Waals surface area contributed by atoms with E-state index >= 15 is 0 Å². The van der Waals surface area contributed by atoms with Crippen LogP contribution in [0.2, 0.25) is 0 Å². The molecule has 2 heterocycles. The molecule has 2 aromatic rings. The molecular formula is C11H11BrN2S. The van der Waals surface area contributed by atoms with E-state index in [-0.39, 0.29) is 0 Å². The first-order chi connectivity index (χ1) is 7.27. The van der Waals surface area contributed by atoms with Crippen LogP contribution in [0.3, 0.4) is 0 Å². The minimum absolute atomic E-state index is 0.923. The number of nitrogens with zero attached hydrogens (tertiary/aromatic N) is 2. The quantitative estimate of drug-likeness (QED) is 0.856. The standard InChI is InChI=1S/C11H11BrN2S/c1-14(7-9-3-5-15-8-9)11-2-4-13-6-10(11)12/h2-6,8H,7H2,1H3. The van der Waals surface area contributed by atoms with Gasteiger partial charge in [0.2, 0.25) is 0 Å². The van der Waals surface area contributed by atoms with E-state index in [1.54, 1.807) is 11.3 Å². The highest BCUT2D eigenvalue weighted by molar-refractivity contribution is 9.10. The van der Waals surface area contributed by atoms with Gasteiger partial charge in [0.1, 0.15) is 0 Å². The number of halogens is 1. The number of hydrogen-bond donors (Lipinski definition) is 0. The molecule has 0 aliphatic carbocycles. The Labute approximate surface area is 102 Å². The van der Waals surface area contributed by atoms with Crippen molar-refractivity contribution in [2.24, 2.45) is 0 Å². The summed E-state index contributed by atoms with van der Waals surface area (Å²) in [6.07, 6.45) is 3.63. The molecule has 0 spiro atoms. The second kappa shape index (κ2) is 4.77. The van der Waals surface area contributed by atoms with Gasteiger partial charge in [-0.2, -0.15) is 11.3 Å². The fraction of sp³-hybridized carbons (Fsp3) is 0.182. The predicted molar refractivity (Wildman–Crippen MR) is 68.4 cm³/mol. The van der Waals surface area contributed by atoms with E-state index in [0.29, 0.717) is 0 Å². The van der Waals surface area contributed by atoms with Crippen molar-refractivity contribution >= 4 is 33.0 Å². The molecule has 0 unspecified atom stereocenters. The molecule has 2 rings (SSSR count). The average molecular weight is 283 g/mol. The number of thiophene rings is 1. The third-order valence-electron chi connectivity index (χ3n) is 2.16. The molecule has 0 atom stereocenters. The first-order valence-corrected chi connectivity index (χ1v) is 6.32. The highest BCUT2D eigenvalue weighted by Crippen LogP contribution is 2.25. The molecule has 0 amide bonds. The van der Waals surface area contributed by atoms with E-state index in [2.05, 4.69) is 49.7 Å². The van der Waals surface area contributed by atoms with Gasteiger partial charge in [-0.05, 0) is 44.4 Å². The van der Waals surface area contributed by atoms with Crippen molar-refractivity contribution in [1.82, 2.24) is 4.98 Å². The maximum atomic E-state index is 4.05. The summed E-state index contributed by atoms with van der Waals surface area (Å²) in [6.45, 7) is 0.923. The summed E-state index contributed by atoms with van der Waals surface area (Å²) in [7, 11) is 2.08. The Morgan fingerprint density at radius 1 is 1.47 bits per heavy atom. The maximum Gasteiger partial charge on any atom is 0.0592 e. The lowest BCUT2D eigenvalue weighted by molar-refractivity contribution is 0.921. The summed E-state index contributed by atoms with van der Waals surface area (Å²) in [5.74, 6) is 0. The van der Waals surface area contributed by atoms with Crippen LogP contribution in [0.1, 0.15) is 5.56 Å². The van der Waals surface area contributed by atoms with Crippen LogP contribution in [0.5, 0.6) is 0 Å². The van der Waals surface area contributed by atoms with E-state index in [9.17, 15) is 0 Å². The summed E-state index contributed by atoms with van der Waals surface area (Å²) < 4.78 is 1.03. The Kier molecular flexibility index (Phi) is 3.38. The van der Waals surface area contributed by atoms with Crippen LogP contribution >= 0.6 is 27.3 Å². The third-order valence-corrected chi connectivity index (χ3v) is 3.51. The number of aromatic nitrogens is 1. The third kappa shape index (κ3) is 2.58. The van der Waals surface area contributed by atoms with Gasteiger partial charge in [0.05, 0.1) is 10.2 Å². The summed E-state index contributed by atoms with van der Waals surface area (Å²) in [5, 5.41) is 4.27. The minimum Gasteiger partial charge on any atom is -0.369 e. The molecular weight excluding hydrogens is 272 g/mol. The first kappa shape index (κ1) is 10.6. The van der Waals surface area contributed by atoms with Crippen LogP contribution in [0.4, 0.5) is 5.69 Å². The molecule has 0 bridgehead atoms. The monoisotopic (exact) mass is 282 g/mol. The van der Waals surface area contributed by atoms with Crippen molar-refractivity contribution in [3.8, 4) is 0 Å². The van der Waals surface area contributed by atoms with Crippen molar-refractivity contribution in [3.63, 3.8) is 0 Å². The van der Waals surface area contributed by atoms with Gasteiger partial charge in [0, 0.05) is 26.0 Å². The zero-order chi connectivity index (χ0) is 10.7. The van der Waals surface area contributed by atoms with Crippen LogP contribution in [0.25, 0.3) is 0 Å². The predicted octanol–water partition coefficient (Wildman–Crippen LogP) is 3.54. The molecule has 0 aromatic carbocycles. The second-order valence-electron chi connectivity index (χ2n) is 3.31. The Morgan fingerprint density at radius 3 is 3.00 bits per heavy atom. The van der Waals surface area contributed by atoms with E-state index in [1.165, 1.54) is 5.56 Å². The zero-order valence-electron chi connectivity index (χ0n) is 8.35. The SMILES string of the molecule is CN(Cc1ccsc1)c1ccncc1Br. The van der Waals surface area contributed by atoms with Gasteiger partial charge < -0.3 is 4.90 Å². The van der Waals surface area contributed by atoms with Gasteiger partial charge in [0.15, 0.2) is 0 Å². The first-order valence-electron chi connectivity index (χ1n) is 4.59. The fourth-order valence-corrected chi connectivity index (χ4v) is 2.63. The van der Waals surface area contributed by atoms with E-state index in [0.717, 1.165) is 16.7 Å². The minimum atomic E-state index is 0.923. The maximum absolute atomic E-state index is 4.05. The van der Waals surface area contributed by atoms with Gasteiger partial charge in [-0.25, -0.2) is 0 Å². The lowest BCUT2D eigenvalue weighted by Gasteiger charge is -2.19. The molecule has 0 aliphatic rings. The lowest BCUT2D eigenvalue weighted by atomic mass is 10.3. The highest BCUT2D eigenvalue weighted by atomic mass is 79.9. The Balaban J connectivity index is 2.15. The molecule has 0 aliphatic heterocycles. The number of pyridine rings is 1. The molecule has 0 saturated heterocycles. The van der Waals surface area contributed by atoms with E-state index in [1.807, 2.05) is 18.5 Å². The number of hydrogen-bond acceptors (Lipinski definition) is 3. The Hall–Kier alpha value is -0.870. The summed E-state index contributed by atoms with van der Waals surface area (Å²) in [5.41, 5.74) is 2.50. The molecule has 0 N–H and O–H groups in total. The van der Waals surface area contributed by atoms with Gasteiger partial charge in [0.25, 0.3) is 0 Å². The fourth-order valence-electron chi connectivity index (χ4n) is 1.42. The molecule has 15 heavy (non-hydrogen) atoms. The van der Waals surface area contributed by atoms with E-state index < -0.39 is 0 Å². The lowest BCUT2D eigenvalue weighted by Crippen LogP contribution is -2.16. The van der Waals surface area contributed by atoms with Crippen LogP contribution in [0, 0.1) is 0 Å². The van der Waals surface area contributed by atoms with Gasteiger partial charge in [-0.3, -0.25) is 4.98 Å². The molecule has 4 heteroatoms.